The number of amides is 3. The number of nitrogens with zero attached hydrogens (tertiary/aromatic N) is 2. The van der Waals surface area contributed by atoms with E-state index in [1.165, 1.54) is 5.56 Å². The van der Waals surface area contributed by atoms with Gasteiger partial charge in [0.1, 0.15) is 0 Å². The molecule has 1 aliphatic rings. The molecule has 1 aromatic rings. The van der Waals surface area contributed by atoms with Gasteiger partial charge in [0.05, 0.1) is 13.2 Å². The minimum absolute atomic E-state index is 0.247. The van der Waals surface area contributed by atoms with E-state index < -0.39 is 6.03 Å². The van der Waals surface area contributed by atoms with Gasteiger partial charge in [0, 0.05) is 46.4 Å². The van der Waals surface area contributed by atoms with Crippen LogP contribution in [0.5, 0.6) is 0 Å². The molecule has 24 heavy (non-hydrogen) atoms. The molecule has 3 amide bonds. The highest BCUT2D eigenvalue weighted by atomic mass is 16.5. The molecule has 1 saturated heterocycles. The Bertz CT molecular complexity index is 516. The highest BCUT2D eigenvalue weighted by Gasteiger charge is 2.19. The number of nitrogens with one attached hydrogen (secondary N) is 2. The van der Waals surface area contributed by atoms with Gasteiger partial charge in [-0.1, -0.05) is 30.3 Å². The molecule has 1 fully saturated rings. The van der Waals surface area contributed by atoms with E-state index in [0.717, 1.165) is 32.7 Å². The Morgan fingerprint density at radius 3 is 2.42 bits per heavy atom. The number of piperazine rings is 1. The topological polar surface area (TPSA) is 73.9 Å². The molecule has 0 bridgehead atoms. The fourth-order valence-corrected chi connectivity index (χ4v) is 2.63. The first-order valence-electron chi connectivity index (χ1n) is 8.22. The van der Waals surface area contributed by atoms with Gasteiger partial charge in [-0.05, 0) is 5.56 Å². The zero-order chi connectivity index (χ0) is 17.2. The van der Waals surface area contributed by atoms with Crippen molar-refractivity contribution < 1.29 is 14.3 Å². The third kappa shape index (κ3) is 6.66. The molecule has 0 saturated carbocycles. The third-order valence-electron chi connectivity index (χ3n) is 3.93. The standard InChI is InChI=1S/C17H26N4O3/c1-24-12-7-18-17(23)19-16(22)14-21-10-8-20(9-11-21)13-15-5-3-2-4-6-15/h2-6H,7-14H2,1H3,(H2,18,19,22,23). The predicted molar refractivity (Wildman–Crippen MR) is 91.6 cm³/mol. The van der Waals surface area contributed by atoms with Gasteiger partial charge in [0.15, 0.2) is 0 Å². The summed E-state index contributed by atoms with van der Waals surface area (Å²) in [5.74, 6) is -0.276. The SMILES string of the molecule is COCCNC(=O)NC(=O)CN1CCN(Cc2ccccc2)CC1. The smallest absolute Gasteiger partial charge is 0.321 e. The van der Waals surface area contributed by atoms with Crippen molar-refractivity contribution in [2.24, 2.45) is 0 Å². The summed E-state index contributed by atoms with van der Waals surface area (Å²) in [7, 11) is 1.56. The van der Waals surface area contributed by atoms with E-state index in [1.54, 1.807) is 7.11 Å². The maximum Gasteiger partial charge on any atom is 0.321 e. The van der Waals surface area contributed by atoms with E-state index in [-0.39, 0.29) is 12.5 Å². The van der Waals surface area contributed by atoms with Crippen molar-refractivity contribution in [3.63, 3.8) is 0 Å². The molecule has 7 heteroatoms. The molecule has 1 heterocycles. The minimum atomic E-state index is -0.472. The van der Waals surface area contributed by atoms with Crippen molar-refractivity contribution in [3.8, 4) is 0 Å². The number of hydrogen-bond donors (Lipinski definition) is 2. The highest BCUT2D eigenvalue weighted by Crippen LogP contribution is 2.08. The fourth-order valence-electron chi connectivity index (χ4n) is 2.63. The summed E-state index contributed by atoms with van der Waals surface area (Å²) in [5.41, 5.74) is 1.30. The Morgan fingerprint density at radius 1 is 1.08 bits per heavy atom. The molecule has 0 radical (unpaired) electrons. The molecule has 0 aliphatic carbocycles. The summed E-state index contributed by atoms with van der Waals surface area (Å²) in [4.78, 5) is 27.8. The van der Waals surface area contributed by atoms with E-state index in [1.807, 2.05) is 18.2 Å². The molecule has 7 nitrogen and oxygen atoms in total. The number of benzene rings is 1. The molecule has 0 aromatic heterocycles. The van der Waals surface area contributed by atoms with Crippen LogP contribution in [0.2, 0.25) is 0 Å². The molecular formula is C17H26N4O3. The number of imide groups is 1. The van der Waals surface area contributed by atoms with E-state index in [9.17, 15) is 9.59 Å². The Labute approximate surface area is 142 Å². The lowest BCUT2D eigenvalue weighted by Gasteiger charge is -2.34. The lowest BCUT2D eigenvalue weighted by atomic mass is 10.2. The second-order valence-electron chi connectivity index (χ2n) is 5.83. The second-order valence-corrected chi connectivity index (χ2v) is 5.83. The van der Waals surface area contributed by atoms with Crippen LogP contribution in [-0.4, -0.2) is 74.7 Å². The Balaban J connectivity index is 1.63. The monoisotopic (exact) mass is 334 g/mol. The van der Waals surface area contributed by atoms with Gasteiger partial charge in [-0.3, -0.25) is 19.9 Å². The van der Waals surface area contributed by atoms with Gasteiger partial charge in [0.2, 0.25) is 5.91 Å². The van der Waals surface area contributed by atoms with Crippen molar-refractivity contribution in [3.05, 3.63) is 35.9 Å². The van der Waals surface area contributed by atoms with Gasteiger partial charge in [0.25, 0.3) is 0 Å². The maximum absolute atomic E-state index is 11.9. The number of carbonyl (C=O) groups excluding carboxylic acids is 2. The zero-order valence-electron chi connectivity index (χ0n) is 14.2. The molecule has 1 aliphatic heterocycles. The average molecular weight is 334 g/mol. The lowest BCUT2D eigenvalue weighted by Crippen LogP contribution is -2.50. The highest BCUT2D eigenvalue weighted by molar-refractivity contribution is 5.95. The van der Waals surface area contributed by atoms with E-state index >= 15 is 0 Å². The van der Waals surface area contributed by atoms with Crippen LogP contribution < -0.4 is 10.6 Å². The Kier molecular flexibility index (Phi) is 7.67. The van der Waals surface area contributed by atoms with Crippen LogP contribution in [0.3, 0.4) is 0 Å². The summed E-state index contributed by atoms with van der Waals surface area (Å²) in [6.45, 7) is 5.47. The van der Waals surface area contributed by atoms with Crippen LogP contribution in [0.4, 0.5) is 4.79 Å². The summed E-state index contributed by atoms with van der Waals surface area (Å²) in [6, 6.07) is 9.90. The van der Waals surface area contributed by atoms with Crippen molar-refractivity contribution >= 4 is 11.9 Å². The van der Waals surface area contributed by atoms with E-state index in [2.05, 4.69) is 32.6 Å². The van der Waals surface area contributed by atoms with Crippen LogP contribution in [0, 0.1) is 0 Å². The van der Waals surface area contributed by atoms with Crippen LogP contribution in [0.25, 0.3) is 0 Å². The molecule has 1 aromatic carbocycles. The predicted octanol–water partition coefficient (Wildman–Crippen LogP) is 0.276. The minimum Gasteiger partial charge on any atom is -0.383 e. The summed E-state index contributed by atoms with van der Waals surface area (Å²) in [5, 5.41) is 4.90. The van der Waals surface area contributed by atoms with Crippen LogP contribution in [0.1, 0.15) is 5.56 Å². The molecule has 0 atom stereocenters. The molecule has 132 valence electrons. The first-order chi connectivity index (χ1) is 11.7. The van der Waals surface area contributed by atoms with Gasteiger partial charge < -0.3 is 10.1 Å². The van der Waals surface area contributed by atoms with Gasteiger partial charge in [-0.2, -0.15) is 0 Å². The Hall–Kier alpha value is -1.96. The Morgan fingerprint density at radius 2 is 1.75 bits per heavy atom. The quantitative estimate of drug-likeness (QED) is 0.701. The number of urea groups is 1. The van der Waals surface area contributed by atoms with Crippen molar-refractivity contribution in [1.82, 2.24) is 20.4 Å². The van der Waals surface area contributed by atoms with Crippen molar-refractivity contribution in [2.45, 2.75) is 6.54 Å². The largest absolute Gasteiger partial charge is 0.383 e. The van der Waals surface area contributed by atoms with Crippen molar-refractivity contribution in [2.75, 3.05) is 53.0 Å². The van der Waals surface area contributed by atoms with Crippen molar-refractivity contribution in [1.29, 1.82) is 0 Å². The summed E-state index contributed by atoms with van der Waals surface area (Å²) < 4.78 is 4.83. The molecular weight excluding hydrogens is 308 g/mol. The number of hydrogen-bond acceptors (Lipinski definition) is 5. The molecule has 0 spiro atoms. The molecule has 0 unspecified atom stereocenters. The number of ether oxygens (including phenoxy) is 1. The van der Waals surface area contributed by atoms with Gasteiger partial charge >= 0.3 is 6.03 Å². The normalized spacial score (nSPS) is 15.9. The third-order valence-corrected chi connectivity index (χ3v) is 3.93. The molecule has 2 rings (SSSR count). The van der Waals surface area contributed by atoms with Crippen LogP contribution in [-0.2, 0) is 16.1 Å². The zero-order valence-corrected chi connectivity index (χ0v) is 14.2. The second kappa shape index (κ2) is 10.0. The molecule has 2 N–H and O–H groups in total. The van der Waals surface area contributed by atoms with Gasteiger partial charge in [-0.25, -0.2) is 4.79 Å². The van der Waals surface area contributed by atoms with Crippen LogP contribution >= 0.6 is 0 Å². The van der Waals surface area contributed by atoms with E-state index in [0.29, 0.717) is 13.2 Å². The lowest BCUT2D eigenvalue weighted by molar-refractivity contribution is -0.121. The maximum atomic E-state index is 11.9. The average Bonchev–Trinajstić information content (AvgIpc) is 2.58. The summed E-state index contributed by atoms with van der Waals surface area (Å²) >= 11 is 0. The number of carbonyl (C=O) groups is 2. The first-order valence-corrected chi connectivity index (χ1v) is 8.22. The summed E-state index contributed by atoms with van der Waals surface area (Å²) in [6.07, 6.45) is 0. The van der Waals surface area contributed by atoms with E-state index in [4.69, 9.17) is 4.74 Å². The fraction of sp³-hybridized carbons (Fsp3) is 0.529. The first kappa shape index (κ1) is 18.4. The number of methoxy groups -OCH3 is 1. The van der Waals surface area contributed by atoms with Crippen LogP contribution in [0.15, 0.2) is 30.3 Å². The number of rotatable bonds is 7. The van der Waals surface area contributed by atoms with Gasteiger partial charge in [-0.15, -0.1) is 0 Å².